The second kappa shape index (κ2) is 11.5. The van der Waals surface area contributed by atoms with Crippen LogP contribution in [0.3, 0.4) is 0 Å². The lowest BCUT2D eigenvalue weighted by Crippen LogP contribution is -2.32. The zero-order chi connectivity index (χ0) is 23.7. The number of nitrogen functional groups attached to an aromatic ring is 1. The van der Waals surface area contributed by atoms with E-state index in [0.29, 0.717) is 17.8 Å². The van der Waals surface area contributed by atoms with Crippen LogP contribution in [0.5, 0.6) is 5.75 Å². The second-order valence-electron chi connectivity index (χ2n) is 7.12. The van der Waals surface area contributed by atoms with Crippen molar-refractivity contribution in [3.05, 3.63) is 59.8 Å². The summed E-state index contributed by atoms with van der Waals surface area (Å²) in [6.07, 6.45) is 2.54. The Morgan fingerprint density at radius 2 is 1.91 bits per heavy atom. The summed E-state index contributed by atoms with van der Waals surface area (Å²) in [5.74, 6) is -0.707. The highest BCUT2D eigenvalue weighted by Gasteiger charge is 2.18. The first-order chi connectivity index (χ1) is 15.2. The number of ether oxygens (including phenoxy) is 1. The first-order valence-electron chi connectivity index (χ1n) is 9.97. The molecule has 0 saturated heterocycles. The van der Waals surface area contributed by atoms with Crippen LogP contribution in [0.15, 0.2) is 48.7 Å². The lowest BCUT2D eigenvalue weighted by atomic mass is 10.0. The fourth-order valence-electron chi connectivity index (χ4n) is 3.01. The number of carboxylic acids is 1. The molecule has 0 aliphatic carbocycles. The monoisotopic (exact) mass is 440 g/mol. The number of hydrogen-bond donors (Lipinski definition) is 5. The topological polar surface area (TPSA) is 161 Å². The molecule has 1 atom stereocenters. The van der Waals surface area contributed by atoms with Gasteiger partial charge in [-0.15, -0.1) is 0 Å². The van der Waals surface area contributed by atoms with E-state index < -0.39 is 12.0 Å². The highest BCUT2D eigenvalue weighted by molar-refractivity contribution is 6.02. The summed E-state index contributed by atoms with van der Waals surface area (Å²) >= 11 is 0. The number of H-pyrrole nitrogens is 1. The van der Waals surface area contributed by atoms with Crippen molar-refractivity contribution in [2.45, 2.75) is 25.8 Å². The van der Waals surface area contributed by atoms with Gasteiger partial charge in [-0.05, 0) is 42.3 Å². The van der Waals surface area contributed by atoms with Gasteiger partial charge in [0.15, 0.2) is 5.78 Å². The summed E-state index contributed by atoms with van der Waals surface area (Å²) in [6, 6.07) is 11.2. The first kappa shape index (κ1) is 24.4. The van der Waals surface area contributed by atoms with Crippen molar-refractivity contribution in [3.63, 3.8) is 0 Å². The maximum Gasteiger partial charge on any atom is 0.320 e. The molecule has 3 rings (SSSR count). The molecule has 0 unspecified atom stereocenters. The minimum absolute atomic E-state index is 0.00224. The summed E-state index contributed by atoms with van der Waals surface area (Å²) in [4.78, 5) is 36.0. The van der Waals surface area contributed by atoms with Crippen LogP contribution in [-0.2, 0) is 16.0 Å². The largest absolute Gasteiger partial charge is 0.497 e. The molecule has 32 heavy (non-hydrogen) atoms. The Morgan fingerprint density at radius 3 is 2.53 bits per heavy atom. The van der Waals surface area contributed by atoms with Crippen molar-refractivity contribution in [3.8, 4) is 5.75 Å². The van der Waals surface area contributed by atoms with Crippen LogP contribution in [0, 0.1) is 0 Å². The van der Waals surface area contributed by atoms with E-state index in [1.807, 2.05) is 24.4 Å². The van der Waals surface area contributed by atoms with E-state index in [2.05, 4.69) is 10.3 Å². The van der Waals surface area contributed by atoms with E-state index in [1.54, 1.807) is 31.4 Å². The molecule has 1 aromatic heterocycles. The van der Waals surface area contributed by atoms with E-state index in [-0.39, 0.29) is 18.1 Å². The molecule has 1 amide bonds. The Balaban J connectivity index is 0.000000229. The van der Waals surface area contributed by atoms with Crippen LogP contribution in [0.25, 0.3) is 10.9 Å². The molecular weight excluding hydrogens is 412 g/mol. The van der Waals surface area contributed by atoms with Crippen LogP contribution in [0.4, 0.5) is 5.69 Å². The van der Waals surface area contributed by atoms with Crippen molar-refractivity contribution in [2.24, 2.45) is 5.73 Å². The first-order valence-corrected chi connectivity index (χ1v) is 9.97. The number of para-hydroxylation sites is 1. The zero-order valence-electron chi connectivity index (χ0n) is 18.1. The third-order valence-electron chi connectivity index (χ3n) is 4.73. The molecule has 0 radical (unpaired) electrons. The van der Waals surface area contributed by atoms with Crippen molar-refractivity contribution in [2.75, 3.05) is 19.4 Å². The number of Topliss-reactive ketones (excluding diaryl/α,β-unsaturated/α-hetero) is 1. The van der Waals surface area contributed by atoms with Crippen LogP contribution < -0.4 is 21.5 Å². The van der Waals surface area contributed by atoms with Gasteiger partial charge in [0.1, 0.15) is 11.8 Å². The van der Waals surface area contributed by atoms with Gasteiger partial charge in [-0.2, -0.15) is 0 Å². The molecule has 9 heteroatoms. The Labute approximate surface area is 185 Å². The number of rotatable bonds is 8. The van der Waals surface area contributed by atoms with Crippen molar-refractivity contribution >= 4 is 34.3 Å². The second-order valence-corrected chi connectivity index (χ2v) is 7.12. The van der Waals surface area contributed by atoms with Crippen LogP contribution >= 0.6 is 0 Å². The predicted octanol–water partition coefficient (Wildman–Crippen LogP) is 2.11. The predicted molar refractivity (Wildman–Crippen MR) is 123 cm³/mol. The van der Waals surface area contributed by atoms with Gasteiger partial charge in [-0.1, -0.05) is 12.1 Å². The number of carbonyl (C=O) groups is 3. The molecule has 0 fully saturated rings. The number of carboxylic acid groups (broad SMARTS) is 1. The number of anilines is 1. The van der Waals surface area contributed by atoms with Gasteiger partial charge < -0.3 is 31.6 Å². The standard InChI is InChI=1S/C13H16N2O2.C10H12N2O3/c1-9(16)14-6-5-10-8-15-13-4-3-11(17-2)7-12(10)13;11-7-4-2-1-3-6(7)9(13)5-8(12)10(14)15/h3-4,7-8,15H,5-6H2,1-2H3,(H,14,16);1-4,8H,5,11-12H2,(H,14,15)/t;8-/m.0/s1. The highest BCUT2D eigenvalue weighted by Crippen LogP contribution is 2.23. The fraction of sp³-hybridized carbons (Fsp3) is 0.261. The van der Waals surface area contributed by atoms with Gasteiger partial charge in [0.05, 0.1) is 7.11 Å². The molecule has 0 spiro atoms. The number of aromatic amines is 1. The van der Waals surface area contributed by atoms with Crippen molar-refractivity contribution < 1.29 is 24.2 Å². The Hall–Kier alpha value is -3.85. The van der Waals surface area contributed by atoms with E-state index in [0.717, 1.165) is 23.1 Å². The van der Waals surface area contributed by atoms with Crippen LogP contribution in [0.1, 0.15) is 29.3 Å². The van der Waals surface area contributed by atoms with Crippen molar-refractivity contribution in [1.82, 2.24) is 10.3 Å². The lowest BCUT2D eigenvalue weighted by molar-refractivity contribution is -0.138. The smallest absolute Gasteiger partial charge is 0.320 e. The maximum atomic E-state index is 11.6. The Kier molecular flexibility index (Phi) is 8.79. The number of nitrogens with one attached hydrogen (secondary N) is 2. The molecule has 9 nitrogen and oxygen atoms in total. The highest BCUT2D eigenvalue weighted by atomic mass is 16.5. The number of carbonyl (C=O) groups excluding carboxylic acids is 2. The van der Waals surface area contributed by atoms with Crippen LogP contribution in [-0.4, -0.2) is 47.4 Å². The summed E-state index contributed by atoms with van der Waals surface area (Å²) in [5, 5.41) is 12.5. The number of methoxy groups -OCH3 is 1. The number of fused-ring (bicyclic) bond motifs is 1. The molecule has 2 aromatic carbocycles. The van der Waals surface area contributed by atoms with Gasteiger partial charge in [0.25, 0.3) is 0 Å². The molecule has 3 aromatic rings. The van der Waals surface area contributed by atoms with Gasteiger partial charge in [-0.25, -0.2) is 0 Å². The lowest BCUT2D eigenvalue weighted by Gasteiger charge is -2.07. The van der Waals surface area contributed by atoms with Gasteiger partial charge >= 0.3 is 5.97 Å². The molecular formula is C23H28N4O5. The number of hydrogen-bond acceptors (Lipinski definition) is 6. The molecule has 1 heterocycles. The molecule has 0 aliphatic rings. The summed E-state index contributed by atoms with van der Waals surface area (Å²) < 4.78 is 5.21. The number of ketones is 1. The van der Waals surface area contributed by atoms with Gasteiger partial charge in [0.2, 0.25) is 5.91 Å². The molecule has 0 aliphatic heterocycles. The average molecular weight is 441 g/mol. The number of aromatic nitrogens is 1. The SMILES string of the molecule is COc1ccc2[nH]cc(CCNC(C)=O)c2c1.Nc1ccccc1C(=O)C[C@H](N)C(=O)O. The molecule has 7 N–H and O–H groups in total. The van der Waals surface area contributed by atoms with E-state index >= 15 is 0 Å². The number of aliphatic carboxylic acids is 1. The van der Waals surface area contributed by atoms with E-state index in [9.17, 15) is 14.4 Å². The average Bonchev–Trinajstić information content (AvgIpc) is 3.16. The zero-order valence-corrected chi connectivity index (χ0v) is 18.1. The number of benzene rings is 2. The third kappa shape index (κ3) is 6.85. The van der Waals surface area contributed by atoms with E-state index in [4.69, 9.17) is 21.3 Å². The minimum atomic E-state index is -1.20. The molecule has 0 bridgehead atoms. The van der Waals surface area contributed by atoms with E-state index in [1.165, 1.54) is 12.5 Å². The van der Waals surface area contributed by atoms with Crippen molar-refractivity contribution in [1.29, 1.82) is 0 Å². The Bertz CT molecular complexity index is 1090. The molecule has 0 saturated carbocycles. The van der Waals surface area contributed by atoms with Gasteiger partial charge in [0, 0.05) is 48.2 Å². The summed E-state index contributed by atoms with van der Waals surface area (Å²) in [6.45, 7) is 2.18. The number of amides is 1. The normalized spacial score (nSPS) is 11.2. The Morgan fingerprint density at radius 1 is 1.19 bits per heavy atom. The summed E-state index contributed by atoms with van der Waals surface area (Å²) in [5.41, 5.74) is 13.7. The third-order valence-corrected chi connectivity index (χ3v) is 4.73. The summed E-state index contributed by atoms with van der Waals surface area (Å²) in [7, 11) is 1.66. The maximum absolute atomic E-state index is 11.6. The fourth-order valence-corrected chi connectivity index (χ4v) is 3.01. The number of nitrogens with two attached hydrogens (primary N) is 2. The molecule has 170 valence electrons. The quantitative estimate of drug-likeness (QED) is 0.265. The minimum Gasteiger partial charge on any atom is -0.497 e. The van der Waals surface area contributed by atoms with Crippen LogP contribution in [0.2, 0.25) is 0 Å². The van der Waals surface area contributed by atoms with Gasteiger partial charge in [-0.3, -0.25) is 14.4 Å².